The lowest BCUT2D eigenvalue weighted by atomic mass is 9.93. The number of benzene rings is 1. The first-order chi connectivity index (χ1) is 7.77. The molecule has 1 aromatic carbocycles. The lowest BCUT2D eigenvalue weighted by molar-refractivity contribution is -0.123. The molecule has 0 radical (unpaired) electrons. The van der Waals surface area contributed by atoms with E-state index in [0.29, 0.717) is 6.54 Å². The molecule has 4 nitrogen and oxygen atoms in total. The fraction of sp³-hybridized carbons (Fsp3) is 0.417. The van der Waals surface area contributed by atoms with Crippen LogP contribution in [-0.4, -0.2) is 30.1 Å². The Balaban J connectivity index is 2.08. The number of para-hydroxylation sites is 1. The van der Waals surface area contributed by atoms with Crippen molar-refractivity contribution in [3.8, 4) is 5.75 Å². The maximum Gasteiger partial charge on any atom is 0.242 e. The summed E-state index contributed by atoms with van der Waals surface area (Å²) in [5, 5.41) is 12.8. The van der Waals surface area contributed by atoms with Crippen molar-refractivity contribution in [2.24, 2.45) is 0 Å². The number of carbonyl (C=O) groups is 1. The Kier molecular flexibility index (Phi) is 2.02. The second-order valence-electron chi connectivity index (χ2n) is 4.32. The first-order valence-corrected chi connectivity index (χ1v) is 5.62. The van der Waals surface area contributed by atoms with Gasteiger partial charge in [0, 0.05) is 13.1 Å². The summed E-state index contributed by atoms with van der Waals surface area (Å²) < 4.78 is 0. The minimum Gasteiger partial charge on any atom is -0.506 e. The highest BCUT2D eigenvalue weighted by Gasteiger charge is 2.35. The summed E-state index contributed by atoms with van der Waals surface area (Å²) in [5.74, 6) is 0.372. The van der Waals surface area contributed by atoms with Crippen LogP contribution in [-0.2, 0) is 11.2 Å². The van der Waals surface area contributed by atoms with Gasteiger partial charge >= 0.3 is 0 Å². The molecule has 1 fully saturated rings. The second kappa shape index (κ2) is 3.40. The van der Waals surface area contributed by atoms with E-state index >= 15 is 0 Å². The second-order valence-corrected chi connectivity index (χ2v) is 4.32. The first-order valence-electron chi connectivity index (χ1n) is 5.62. The van der Waals surface area contributed by atoms with Crippen LogP contribution in [0.25, 0.3) is 0 Å². The van der Waals surface area contributed by atoms with Crippen LogP contribution in [0.2, 0.25) is 0 Å². The minimum atomic E-state index is -0.102. The monoisotopic (exact) mass is 218 g/mol. The number of hydrogen-bond acceptors (Lipinski definition) is 3. The number of piperazine rings is 1. The third-order valence-corrected chi connectivity index (χ3v) is 3.40. The van der Waals surface area contributed by atoms with Crippen LogP contribution >= 0.6 is 0 Å². The van der Waals surface area contributed by atoms with Gasteiger partial charge in [-0.25, -0.2) is 0 Å². The zero-order valence-electron chi connectivity index (χ0n) is 8.94. The average Bonchev–Trinajstić information content (AvgIpc) is 2.29. The SMILES string of the molecule is O=C1NCCN2c3c(O)cccc3CCC12. The van der Waals surface area contributed by atoms with Crippen LogP contribution in [0, 0.1) is 0 Å². The van der Waals surface area contributed by atoms with Gasteiger partial charge in [0.1, 0.15) is 11.8 Å². The maximum absolute atomic E-state index is 11.7. The fourth-order valence-corrected chi connectivity index (χ4v) is 2.67. The molecule has 1 amide bonds. The number of nitrogens with one attached hydrogen (secondary N) is 1. The Morgan fingerprint density at radius 3 is 3.19 bits per heavy atom. The number of anilines is 1. The fourth-order valence-electron chi connectivity index (χ4n) is 2.67. The smallest absolute Gasteiger partial charge is 0.242 e. The molecular weight excluding hydrogens is 204 g/mol. The van der Waals surface area contributed by atoms with Crippen molar-refractivity contribution in [1.82, 2.24) is 5.32 Å². The zero-order valence-corrected chi connectivity index (χ0v) is 8.94. The van der Waals surface area contributed by atoms with E-state index in [0.717, 1.165) is 30.6 Å². The predicted octanol–water partition coefficient (Wildman–Crippen LogP) is 0.643. The molecule has 2 aliphatic heterocycles. The molecule has 1 unspecified atom stereocenters. The van der Waals surface area contributed by atoms with Crippen molar-refractivity contribution >= 4 is 11.6 Å². The highest BCUT2D eigenvalue weighted by Crippen LogP contribution is 2.38. The number of nitrogens with zero attached hydrogens (tertiary/aromatic N) is 1. The Morgan fingerprint density at radius 2 is 2.31 bits per heavy atom. The van der Waals surface area contributed by atoms with Gasteiger partial charge in [-0.05, 0) is 24.5 Å². The Hall–Kier alpha value is -1.71. The summed E-state index contributed by atoms with van der Waals surface area (Å²) in [7, 11) is 0. The predicted molar refractivity (Wildman–Crippen MR) is 60.6 cm³/mol. The van der Waals surface area contributed by atoms with E-state index in [2.05, 4.69) is 5.32 Å². The van der Waals surface area contributed by atoms with Gasteiger partial charge in [0.15, 0.2) is 0 Å². The summed E-state index contributed by atoms with van der Waals surface area (Å²) >= 11 is 0. The molecule has 0 aromatic heterocycles. The van der Waals surface area contributed by atoms with Gasteiger partial charge in [-0.15, -0.1) is 0 Å². The molecule has 1 aromatic rings. The topological polar surface area (TPSA) is 52.6 Å². The molecule has 2 aliphatic rings. The van der Waals surface area contributed by atoms with E-state index in [1.165, 1.54) is 0 Å². The first kappa shape index (κ1) is 9.51. The van der Waals surface area contributed by atoms with Crippen molar-refractivity contribution in [3.05, 3.63) is 23.8 Å². The Labute approximate surface area is 93.9 Å². The summed E-state index contributed by atoms with van der Waals surface area (Å²) in [5.41, 5.74) is 2.00. The van der Waals surface area contributed by atoms with E-state index in [1.54, 1.807) is 6.07 Å². The summed E-state index contributed by atoms with van der Waals surface area (Å²) in [6.07, 6.45) is 1.70. The molecule has 0 saturated carbocycles. The van der Waals surface area contributed by atoms with E-state index in [4.69, 9.17) is 0 Å². The van der Waals surface area contributed by atoms with Crippen molar-refractivity contribution in [2.75, 3.05) is 18.0 Å². The molecule has 2 heterocycles. The number of hydrogen-bond donors (Lipinski definition) is 2. The molecule has 3 rings (SSSR count). The number of phenolic OH excluding ortho intramolecular Hbond substituents is 1. The van der Waals surface area contributed by atoms with Crippen molar-refractivity contribution in [1.29, 1.82) is 0 Å². The van der Waals surface area contributed by atoms with Gasteiger partial charge in [0.25, 0.3) is 0 Å². The quantitative estimate of drug-likeness (QED) is 0.672. The summed E-state index contributed by atoms with van der Waals surface area (Å²) in [4.78, 5) is 13.7. The molecule has 16 heavy (non-hydrogen) atoms. The van der Waals surface area contributed by atoms with Crippen LogP contribution in [0.3, 0.4) is 0 Å². The Morgan fingerprint density at radius 1 is 1.44 bits per heavy atom. The van der Waals surface area contributed by atoms with Gasteiger partial charge in [-0.2, -0.15) is 0 Å². The van der Waals surface area contributed by atoms with Crippen LogP contribution in [0.4, 0.5) is 5.69 Å². The molecule has 0 aliphatic carbocycles. The van der Waals surface area contributed by atoms with Gasteiger partial charge in [-0.3, -0.25) is 4.79 Å². The molecule has 0 bridgehead atoms. The number of rotatable bonds is 0. The molecule has 0 spiro atoms. The van der Waals surface area contributed by atoms with E-state index in [1.807, 2.05) is 17.0 Å². The van der Waals surface area contributed by atoms with Crippen LogP contribution in [0.1, 0.15) is 12.0 Å². The van der Waals surface area contributed by atoms with E-state index in [9.17, 15) is 9.90 Å². The highest BCUT2D eigenvalue weighted by molar-refractivity contribution is 5.88. The lowest BCUT2D eigenvalue weighted by Gasteiger charge is -2.41. The molecule has 1 atom stereocenters. The lowest BCUT2D eigenvalue weighted by Crippen LogP contribution is -2.57. The van der Waals surface area contributed by atoms with E-state index in [-0.39, 0.29) is 17.7 Å². The van der Waals surface area contributed by atoms with Crippen molar-refractivity contribution in [3.63, 3.8) is 0 Å². The zero-order chi connectivity index (χ0) is 11.1. The van der Waals surface area contributed by atoms with Gasteiger partial charge in [0.05, 0.1) is 5.69 Å². The third-order valence-electron chi connectivity index (χ3n) is 3.40. The van der Waals surface area contributed by atoms with E-state index < -0.39 is 0 Å². The highest BCUT2D eigenvalue weighted by atomic mass is 16.3. The molecule has 84 valence electrons. The number of fused-ring (bicyclic) bond motifs is 3. The maximum atomic E-state index is 11.7. The number of aryl methyl sites for hydroxylation is 1. The van der Waals surface area contributed by atoms with Gasteiger partial charge in [-0.1, -0.05) is 12.1 Å². The van der Waals surface area contributed by atoms with Gasteiger partial charge in [0.2, 0.25) is 5.91 Å². The minimum absolute atomic E-state index is 0.0835. The summed E-state index contributed by atoms with van der Waals surface area (Å²) in [6, 6.07) is 5.47. The Bertz CT molecular complexity index is 445. The normalized spacial score (nSPS) is 23.4. The number of phenols is 1. The van der Waals surface area contributed by atoms with Crippen LogP contribution in [0.5, 0.6) is 5.75 Å². The van der Waals surface area contributed by atoms with Crippen LogP contribution < -0.4 is 10.2 Å². The number of carbonyl (C=O) groups excluding carboxylic acids is 1. The standard InChI is InChI=1S/C12H14N2O2/c15-10-3-1-2-8-4-5-9-12(16)13-6-7-14(9)11(8)10/h1-3,9,15H,4-7H2,(H,13,16). The number of amides is 1. The molecule has 2 N–H and O–H groups in total. The molecule has 4 heteroatoms. The average molecular weight is 218 g/mol. The largest absolute Gasteiger partial charge is 0.506 e. The number of aromatic hydroxyl groups is 1. The molecular formula is C12H14N2O2. The summed E-state index contributed by atoms with van der Waals surface area (Å²) in [6.45, 7) is 1.43. The third kappa shape index (κ3) is 1.26. The molecule has 1 saturated heterocycles. The van der Waals surface area contributed by atoms with Gasteiger partial charge < -0.3 is 15.3 Å². The van der Waals surface area contributed by atoms with Crippen LogP contribution in [0.15, 0.2) is 18.2 Å². The van der Waals surface area contributed by atoms with Crippen molar-refractivity contribution < 1.29 is 9.90 Å². The van der Waals surface area contributed by atoms with Crippen molar-refractivity contribution in [2.45, 2.75) is 18.9 Å².